The number of allylic oxidation sites excluding steroid dienone is 1. The third-order valence-electron chi connectivity index (χ3n) is 2.35. The summed E-state index contributed by atoms with van der Waals surface area (Å²) >= 11 is 1.99. The third-order valence-corrected chi connectivity index (χ3v) is 3.55. The van der Waals surface area contributed by atoms with E-state index in [0.29, 0.717) is 11.3 Å². The van der Waals surface area contributed by atoms with E-state index >= 15 is 0 Å². The molecule has 15 heavy (non-hydrogen) atoms. The maximum atomic E-state index is 5.71. The smallest absolute Gasteiger partial charge is 0.110 e. The Morgan fingerprint density at radius 1 is 1.53 bits per heavy atom. The van der Waals surface area contributed by atoms with Crippen LogP contribution in [0.15, 0.2) is 11.8 Å². The van der Waals surface area contributed by atoms with E-state index in [1.807, 2.05) is 11.8 Å². The average Bonchev–Trinajstić information content (AvgIpc) is 2.25. The first-order chi connectivity index (χ1) is 7.24. The fourth-order valence-electron chi connectivity index (χ4n) is 1.60. The van der Waals surface area contributed by atoms with Crippen LogP contribution in [0.3, 0.4) is 0 Å². The standard InChI is InChI=1S/C12H23NOS/c1-4-13-11(9-15-10(2)3)12-7-5-6-8-14-12/h7,10-11,13H,4-6,8-9H2,1-3H3. The Balaban J connectivity index is 2.44. The van der Waals surface area contributed by atoms with Crippen molar-refractivity contribution < 1.29 is 4.74 Å². The average molecular weight is 229 g/mol. The Kier molecular flexibility index (Phi) is 6.18. The van der Waals surface area contributed by atoms with Gasteiger partial charge in [0.1, 0.15) is 5.76 Å². The molecule has 1 N–H and O–H groups in total. The van der Waals surface area contributed by atoms with Gasteiger partial charge in [-0.2, -0.15) is 11.8 Å². The fraction of sp³-hybridized carbons (Fsp3) is 0.833. The molecule has 0 saturated carbocycles. The predicted molar refractivity (Wildman–Crippen MR) is 68.3 cm³/mol. The van der Waals surface area contributed by atoms with Crippen molar-refractivity contribution in [3.8, 4) is 0 Å². The molecule has 0 aromatic carbocycles. The number of hydrogen-bond acceptors (Lipinski definition) is 3. The van der Waals surface area contributed by atoms with Crippen molar-refractivity contribution in [1.82, 2.24) is 5.32 Å². The summed E-state index contributed by atoms with van der Waals surface area (Å²) in [6.07, 6.45) is 4.58. The maximum Gasteiger partial charge on any atom is 0.110 e. The van der Waals surface area contributed by atoms with Crippen LogP contribution in [0.4, 0.5) is 0 Å². The Hall–Kier alpha value is -0.150. The van der Waals surface area contributed by atoms with Gasteiger partial charge in [-0.15, -0.1) is 0 Å². The highest BCUT2D eigenvalue weighted by molar-refractivity contribution is 7.99. The lowest BCUT2D eigenvalue weighted by Gasteiger charge is -2.24. The highest BCUT2D eigenvalue weighted by Crippen LogP contribution is 2.19. The first-order valence-electron chi connectivity index (χ1n) is 5.92. The van der Waals surface area contributed by atoms with E-state index in [2.05, 4.69) is 32.2 Å². The molecule has 3 heteroatoms. The zero-order chi connectivity index (χ0) is 11.1. The van der Waals surface area contributed by atoms with E-state index in [4.69, 9.17) is 4.74 Å². The molecule has 1 rings (SSSR count). The minimum Gasteiger partial charge on any atom is -0.497 e. The molecule has 0 aliphatic carbocycles. The van der Waals surface area contributed by atoms with E-state index in [-0.39, 0.29) is 0 Å². The van der Waals surface area contributed by atoms with Gasteiger partial charge >= 0.3 is 0 Å². The van der Waals surface area contributed by atoms with Crippen LogP contribution in [0.5, 0.6) is 0 Å². The summed E-state index contributed by atoms with van der Waals surface area (Å²) in [4.78, 5) is 0. The van der Waals surface area contributed by atoms with Crippen LogP contribution in [-0.2, 0) is 4.74 Å². The summed E-state index contributed by atoms with van der Waals surface area (Å²) < 4.78 is 5.71. The SMILES string of the molecule is CCNC(CSC(C)C)C1=CCCCO1. The van der Waals surface area contributed by atoms with Gasteiger partial charge in [-0.3, -0.25) is 0 Å². The zero-order valence-corrected chi connectivity index (χ0v) is 10.9. The Morgan fingerprint density at radius 3 is 2.87 bits per heavy atom. The minimum absolute atomic E-state index is 0.405. The molecule has 1 aliphatic rings. The first kappa shape index (κ1) is 12.9. The normalized spacial score (nSPS) is 18.5. The van der Waals surface area contributed by atoms with Crippen LogP contribution < -0.4 is 5.32 Å². The lowest BCUT2D eigenvalue weighted by atomic mass is 10.1. The number of hydrogen-bond donors (Lipinski definition) is 1. The summed E-state index contributed by atoms with van der Waals surface area (Å²) in [5, 5.41) is 4.18. The van der Waals surface area contributed by atoms with Crippen LogP contribution in [0, 0.1) is 0 Å². The molecule has 0 bridgehead atoms. The van der Waals surface area contributed by atoms with Crippen LogP contribution >= 0.6 is 11.8 Å². The van der Waals surface area contributed by atoms with Crippen LogP contribution in [0.2, 0.25) is 0 Å². The zero-order valence-electron chi connectivity index (χ0n) is 10.1. The molecule has 2 nitrogen and oxygen atoms in total. The Labute approximate surface area is 97.8 Å². The number of thioether (sulfide) groups is 1. The van der Waals surface area contributed by atoms with Gasteiger partial charge in [0, 0.05) is 5.75 Å². The molecule has 1 heterocycles. The fourth-order valence-corrected chi connectivity index (χ4v) is 2.46. The van der Waals surface area contributed by atoms with E-state index < -0.39 is 0 Å². The lowest BCUT2D eigenvalue weighted by molar-refractivity contribution is 0.172. The highest BCUT2D eigenvalue weighted by atomic mass is 32.2. The summed E-state index contributed by atoms with van der Waals surface area (Å²) in [5.41, 5.74) is 0. The predicted octanol–water partition coefficient (Wildman–Crippen LogP) is 2.80. The van der Waals surface area contributed by atoms with Crippen molar-refractivity contribution in [3.63, 3.8) is 0 Å². The highest BCUT2D eigenvalue weighted by Gasteiger charge is 2.17. The summed E-state index contributed by atoms with van der Waals surface area (Å²) in [5.74, 6) is 2.27. The topological polar surface area (TPSA) is 21.3 Å². The van der Waals surface area contributed by atoms with E-state index in [0.717, 1.165) is 24.7 Å². The molecular formula is C12H23NOS. The van der Waals surface area contributed by atoms with Crippen LogP contribution in [0.25, 0.3) is 0 Å². The molecule has 1 aliphatic heterocycles. The van der Waals surface area contributed by atoms with Crippen molar-refractivity contribution in [2.75, 3.05) is 18.9 Å². The van der Waals surface area contributed by atoms with E-state index in [9.17, 15) is 0 Å². The number of rotatable bonds is 6. The van der Waals surface area contributed by atoms with Gasteiger partial charge < -0.3 is 10.1 Å². The second kappa shape index (κ2) is 7.18. The lowest BCUT2D eigenvalue weighted by Crippen LogP contribution is -2.35. The number of likely N-dealkylation sites (N-methyl/N-ethyl adjacent to an activating group) is 1. The molecule has 0 spiro atoms. The quantitative estimate of drug-likeness (QED) is 0.757. The molecule has 0 saturated heterocycles. The Bertz CT molecular complexity index is 204. The maximum absolute atomic E-state index is 5.71. The molecular weight excluding hydrogens is 206 g/mol. The summed E-state index contributed by atoms with van der Waals surface area (Å²) in [6.45, 7) is 8.52. The van der Waals surface area contributed by atoms with Gasteiger partial charge in [-0.1, -0.05) is 20.8 Å². The second-order valence-corrected chi connectivity index (χ2v) is 5.70. The molecule has 0 aromatic rings. The molecule has 1 atom stereocenters. The van der Waals surface area contributed by atoms with Crippen molar-refractivity contribution in [1.29, 1.82) is 0 Å². The number of ether oxygens (including phenoxy) is 1. The first-order valence-corrected chi connectivity index (χ1v) is 6.96. The van der Waals surface area contributed by atoms with Crippen LogP contribution in [0.1, 0.15) is 33.6 Å². The van der Waals surface area contributed by atoms with Crippen LogP contribution in [-0.4, -0.2) is 30.2 Å². The summed E-state index contributed by atoms with van der Waals surface area (Å²) in [6, 6.07) is 0.405. The second-order valence-electron chi connectivity index (χ2n) is 4.09. The minimum atomic E-state index is 0.405. The van der Waals surface area contributed by atoms with E-state index in [1.54, 1.807) is 0 Å². The van der Waals surface area contributed by atoms with Gasteiger partial charge in [0.15, 0.2) is 0 Å². The largest absolute Gasteiger partial charge is 0.497 e. The summed E-state index contributed by atoms with van der Waals surface area (Å²) in [7, 11) is 0. The molecule has 0 amide bonds. The molecule has 1 unspecified atom stereocenters. The Morgan fingerprint density at radius 2 is 2.33 bits per heavy atom. The van der Waals surface area contributed by atoms with Crippen molar-refractivity contribution in [2.24, 2.45) is 0 Å². The molecule has 0 radical (unpaired) electrons. The monoisotopic (exact) mass is 229 g/mol. The van der Waals surface area contributed by atoms with Gasteiger partial charge in [-0.05, 0) is 30.7 Å². The van der Waals surface area contributed by atoms with Gasteiger partial charge in [0.2, 0.25) is 0 Å². The molecule has 0 aromatic heterocycles. The molecule has 88 valence electrons. The third kappa shape index (κ3) is 4.94. The van der Waals surface area contributed by atoms with Crippen molar-refractivity contribution >= 4 is 11.8 Å². The van der Waals surface area contributed by atoms with Crippen molar-refractivity contribution in [2.45, 2.75) is 44.9 Å². The van der Waals surface area contributed by atoms with Gasteiger partial charge in [0.25, 0.3) is 0 Å². The molecule has 0 fully saturated rings. The van der Waals surface area contributed by atoms with E-state index in [1.165, 1.54) is 12.8 Å². The van der Waals surface area contributed by atoms with Gasteiger partial charge in [0.05, 0.1) is 12.6 Å². The number of nitrogens with one attached hydrogen (secondary N) is 1. The van der Waals surface area contributed by atoms with Gasteiger partial charge in [-0.25, -0.2) is 0 Å². The van der Waals surface area contributed by atoms with Crippen molar-refractivity contribution in [3.05, 3.63) is 11.8 Å².